The summed E-state index contributed by atoms with van der Waals surface area (Å²) in [5, 5.41) is 14.3. The molecule has 0 bridgehead atoms. The third kappa shape index (κ3) is 5.54. The lowest BCUT2D eigenvalue weighted by molar-refractivity contribution is -0.123. The van der Waals surface area contributed by atoms with Gasteiger partial charge in [-0.05, 0) is 40.8 Å². The van der Waals surface area contributed by atoms with E-state index in [1.165, 1.54) is 12.1 Å². The molecular formula is C27H28N2O6. The van der Waals surface area contributed by atoms with Crippen LogP contribution in [0.25, 0.3) is 11.1 Å². The Morgan fingerprint density at radius 1 is 1.00 bits per heavy atom. The molecule has 8 nitrogen and oxygen atoms in total. The van der Waals surface area contributed by atoms with Gasteiger partial charge < -0.3 is 24.9 Å². The predicted molar refractivity (Wildman–Crippen MR) is 129 cm³/mol. The molecule has 1 atom stereocenters. The highest BCUT2D eigenvalue weighted by atomic mass is 16.5. The molecular weight excluding hydrogens is 448 g/mol. The lowest BCUT2D eigenvalue weighted by atomic mass is 9.98. The zero-order chi connectivity index (χ0) is 24.8. The Morgan fingerprint density at radius 2 is 1.66 bits per heavy atom. The molecule has 3 aromatic rings. The maximum absolute atomic E-state index is 12.7. The molecule has 1 unspecified atom stereocenters. The van der Waals surface area contributed by atoms with Crippen molar-refractivity contribution >= 4 is 18.0 Å². The number of alkyl carbamates (subject to hydrolysis) is 1. The number of carboxylic acids is 1. The number of amides is 2. The first-order valence-corrected chi connectivity index (χ1v) is 11.7. The van der Waals surface area contributed by atoms with Gasteiger partial charge in [-0.1, -0.05) is 68.3 Å². The Balaban J connectivity index is 1.36. The van der Waals surface area contributed by atoms with Crippen LogP contribution in [0.2, 0.25) is 0 Å². The zero-order valence-corrected chi connectivity index (χ0v) is 19.5. The number of ether oxygens (including phenoxy) is 1. The van der Waals surface area contributed by atoms with Gasteiger partial charge in [-0.2, -0.15) is 0 Å². The van der Waals surface area contributed by atoms with Gasteiger partial charge >= 0.3 is 12.1 Å². The van der Waals surface area contributed by atoms with Gasteiger partial charge in [0.05, 0.1) is 6.54 Å². The number of hydrogen-bond acceptors (Lipinski definition) is 5. The third-order valence-corrected chi connectivity index (χ3v) is 6.11. The fraction of sp³-hybridized carbons (Fsp3) is 0.296. The lowest BCUT2D eigenvalue weighted by Gasteiger charge is -2.19. The molecule has 1 heterocycles. The normalized spacial score (nSPS) is 12.9. The van der Waals surface area contributed by atoms with Crippen molar-refractivity contribution in [2.45, 2.75) is 44.7 Å². The van der Waals surface area contributed by atoms with Crippen molar-refractivity contribution in [3.63, 3.8) is 0 Å². The summed E-state index contributed by atoms with van der Waals surface area (Å²) in [6, 6.07) is 18.2. The number of carboxylic acid groups (broad SMARTS) is 1. The largest absolute Gasteiger partial charge is 0.475 e. The van der Waals surface area contributed by atoms with E-state index in [-0.39, 0.29) is 30.7 Å². The second-order valence-electron chi connectivity index (χ2n) is 8.45. The summed E-state index contributed by atoms with van der Waals surface area (Å²) in [5.74, 6) is -1.53. The third-order valence-electron chi connectivity index (χ3n) is 6.11. The molecule has 35 heavy (non-hydrogen) atoms. The first-order valence-electron chi connectivity index (χ1n) is 11.7. The number of carbonyl (C=O) groups is 3. The Kier molecular flexibility index (Phi) is 7.50. The molecule has 0 fully saturated rings. The SMILES string of the molecule is CCCCC(NC(=O)OCC1c2ccccc2-c2ccccc21)C(=O)NCc1ccc(C(=O)O)o1. The van der Waals surface area contributed by atoms with Gasteiger partial charge in [0.2, 0.25) is 11.7 Å². The molecule has 2 aromatic carbocycles. The van der Waals surface area contributed by atoms with E-state index >= 15 is 0 Å². The molecule has 8 heteroatoms. The summed E-state index contributed by atoms with van der Waals surface area (Å²) in [5.41, 5.74) is 4.50. The van der Waals surface area contributed by atoms with Crippen LogP contribution in [0.5, 0.6) is 0 Å². The standard InChI is InChI=1S/C27H28N2O6/c1-2-3-12-23(25(30)28-15-17-13-14-24(35-17)26(31)32)29-27(33)34-16-22-20-10-6-4-8-18(20)19-9-5-7-11-21(19)22/h4-11,13-14,22-23H,2-3,12,15-16H2,1H3,(H,28,30)(H,29,33)(H,31,32). The highest BCUT2D eigenvalue weighted by Gasteiger charge is 2.29. The Labute approximate surface area is 203 Å². The molecule has 1 aliphatic rings. The smallest absolute Gasteiger partial charge is 0.407 e. The van der Waals surface area contributed by atoms with Crippen molar-refractivity contribution in [1.29, 1.82) is 0 Å². The molecule has 0 saturated heterocycles. The molecule has 0 aliphatic heterocycles. The van der Waals surface area contributed by atoms with Crippen LogP contribution < -0.4 is 10.6 Å². The fourth-order valence-corrected chi connectivity index (χ4v) is 4.34. The van der Waals surface area contributed by atoms with E-state index in [9.17, 15) is 14.4 Å². The molecule has 3 N–H and O–H groups in total. The number of carbonyl (C=O) groups excluding carboxylic acids is 2. The van der Waals surface area contributed by atoms with Gasteiger partial charge in [0, 0.05) is 5.92 Å². The minimum Gasteiger partial charge on any atom is -0.475 e. The van der Waals surface area contributed by atoms with Crippen molar-refractivity contribution in [2.75, 3.05) is 6.61 Å². The van der Waals surface area contributed by atoms with Gasteiger partial charge in [-0.15, -0.1) is 0 Å². The van der Waals surface area contributed by atoms with E-state index in [1.807, 2.05) is 43.3 Å². The summed E-state index contributed by atoms with van der Waals surface area (Å²) in [6.45, 7) is 2.17. The van der Waals surface area contributed by atoms with E-state index in [2.05, 4.69) is 22.8 Å². The molecule has 0 spiro atoms. The Bertz CT molecular complexity index is 1170. The van der Waals surface area contributed by atoms with Crippen molar-refractivity contribution in [2.24, 2.45) is 0 Å². The first-order chi connectivity index (χ1) is 17.0. The van der Waals surface area contributed by atoms with Crippen molar-refractivity contribution in [1.82, 2.24) is 10.6 Å². The Hall–Kier alpha value is -4.07. The summed E-state index contributed by atoms with van der Waals surface area (Å²) >= 11 is 0. The number of hydrogen-bond donors (Lipinski definition) is 3. The fourth-order valence-electron chi connectivity index (χ4n) is 4.34. The highest BCUT2D eigenvalue weighted by molar-refractivity contribution is 5.86. The number of aromatic carboxylic acids is 1. The van der Waals surface area contributed by atoms with Crippen LogP contribution in [0.1, 0.15) is 59.5 Å². The minimum absolute atomic E-state index is 0.0150. The van der Waals surface area contributed by atoms with Crippen LogP contribution >= 0.6 is 0 Å². The number of fused-ring (bicyclic) bond motifs is 3. The van der Waals surface area contributed by atoms with Crippen molar-refractivity contribution in [3.8, 4) is 11.1 Å². The van der Waals surface area contributed by atoms with Gasteiger partial charge in [0.1, 0.15) is 18.4 Å². The average molecular weight is 477 g/mol. The van der Waals surface area contributed by atoms with Crippen LogP contribution in [0, 0.1) is 0 Å². The van der Waals surface area contributed by atoms with Crippen LogP contribution in [0.4, 0.5) is 4.79 Å². The van der Waals surface area contributed by atoms with Crippen molar-refractivity contribution in [3.05, 3.63) is 83.3 Å². The average Bonchev–Trinajstić information content (AvgIpc) is 3.47. The van der Waals surface area contributed by atoms with Crippen molar-refractivity contribution < 1.29 is 28.6 Å². The zero-order valence-electron chi connectivity index (χ0n) is 19.5. The quantitative estimate of drug-likeness (QED) is 0.391. The summed E-state index contributed by atoms with van der Waals surface area (Å²) < 4.78 is 10.7. The maximum Gasteiger partial charge on any atom is 0.407 e. The predicted octanol–water partition coefficient (Wildman–Crippen LogP) is 4.69. The molecule has 0 radical (unpaired) electrons. The summed E-state index contributed by atoms with van der Waals surface area (Å²) in [6.07, 6.45) is 1.39. The molecule has 0 saturated carbocycles. The lowest BCUT2D eigenvalue weighted by Crippen LogP contribution is -2.46. The van der Waals surface area contributed by atoms with E-state index in [0.29, 0.717) is 12.2 Å². The maximum atomic E-state index is 12.7. The van der Waals surface area contributed by atoms with Gasteiger partial charge in [0.25, 0.3) is 0 Å². The van der Waals surface area contributed by atoms with E-state index in [0.717, 1.165) is 35.1 Å². The molecule has 1 aromatic heterocycles. The van der Waals surface area contributed by atoms with Crippen LogP contribution in [0.3, 0.4) is 0 Å². The van der Waals surface area contributed by atoms with Gasteiger partial charge in [-0.25, -0.2) is 9.59 Å². The van der Waals surface area contributed by atoms with Crippen LogP contribution in [-0.4, -0.2) is 35.7 Å². The molecule has 2 amide bonds. The molecule has 182 valence electrons. The highest BCUT2D eigenvalue weighted by Crippen LogP contribution is 2.44. The molecule has 4 rings (SSSR count). The molecule has 1 aliphatic carbocycles. The second kappa shape index (κ2) is 10.9. The number of rotatable bonds is 10. The summed E-state index contributed by atoms with van der Waals surface area (Å²) in [4.78, 5) is 36.4. The number of nitrogens with one attached hydrogen (secondary N) is 2. The second-order valence-corrected chi connectivity index (χ2v) is 8.45. The minimum atomic E-state index is -1.18. The number of furan rings is 1. The Morgan fingerprint density at radius 3 is 2.26 bits per heavy atom. The summed E-state index contributed by atoms with van der Waals surface area (Å²) in [7, 11) is 0. The monoisotopic (exact) mass is 476 g/mol. The first kappa shape index (κ1) is 24.1. The van der Waals surface area contributed by atoms with E-state index in [4.69, 9.17) is 14.3 Å². The topological polar surface area (TPSA) is 118 Å². The number of unbranched alkanes of at least 4 members (excludes halogenated alkanes) is 1. The van der Waals surface area contributed by atoms with E-state index in [1.54, 1.807) is 0 Å². The van der Waals surface area contributed by atoms with E-state index < -0.39 is 18.1 Å². The van der Waals surface area contributed by atoms with Gasteiger partial charge in [-0.3, -0.25) is 4.79 Å². The number of benzene rings is 2. The van der Waals surface area contributed by atoms with Crippen LogP contribution in [0.15, 0.2) is 65.1 Å². The van der Waals surface area contributed by atoms with Gasteiger partial charge in [0.15, 0.2) is 0 Å². The van der Waals surface area contributed by atoms with Crippen LogP contribution in [-0.2, 0) is 16.1 Å².